The van der Waals surface area contributed by atoms with Crippen molar-refractivity contribution >= 4 is 53.3 Å². The van der Waals surface area contributed by atoms with Gasteiger partial charge in [0.25, 0.3) is 0 Å². The summed E-state index contributed by atoms with van der Waals surface area (Å²) in [5.74, 6) is -0.257. The maximum atomic E-state index is 12.7. The predicted molar refractivity (Wildman–Crippen MR) is 145 cm³/mol. The number of anilines is 3. The first-order valence-corrected chi connectivity index (χ1v) is 17.2. The molecule has 2 saturated carbocycles. The van der Waals surface area contributed by atoms with Gasteiger partial charge >= 0.3 is 198 Å². The minimum atomic E-state index is -1.47. The van der Waals surface area contributed by atoms with Gasteiger partial charge < -0.3 is 5.11 Å². The topological polar surface area (TPSA) is 124 Å². The summed E-state index contributed by atoms with van der Waals surface area (Å²) < 4.78 is 1.60. The first-order valence-electron chi connectivity index (χ1n) is 13.3. The van der Waals surface area contributed by atoms with Gasteiger partial charge in [0.1, 0.15) is 0 Å². The predicted octanol–water partition coefficient (Wildman–Crippen LogP) is 3.81. The number of hydrogen-bond acceptors (Lipinski definition) is 7. The average Bonchev–Trinajstić information content (AvgIpc) is 3.63. The van der Waals surface area contributed by atoms with Crippen molar-refractivity contribution in [2.24, 2.45) is 11.3 Å². The number of aromatic amines is 1. The van der Waals surface area contributed by atoms with Crippen molar-refractivity contribution in [3.63, 3.8) is 0 Å². The fourth-order valence-corrected chi connectivity index (χ4v) is 10.4. The van der Waals surface area contributed by atoms with Gasteiger partial charge in [-0.2, -0.15) is 0 Å². The van der Waals surface area contributed by atoms with Gasteiger partial charge in [0.05, 0.1) is 5.92 Å². The molecule has 37 heavy (non-hydrogen) atoms. The van der Waals surface area contributed by atoms with Gasteiger partial charge in [-0.15, -0.1) is 0 Å². The number of rotatable bonds is 6. The van der Waals surface area contributed by atoms with Crippen molar-refractivity contribution in [2.45, 2.75) is 61.8 Å². The van der Waals surface area contributed by atoms with Crippen LogP contribution in [0.4, 0.5) is 17.2 Å². The summed E-state index contributed by atoms with van der Waals surface area (Å²) in [6.07, 6.45) is 10.7. The third kappa shape index (κ3) is 4.74. The molecule has 2 unspecified atom stereocenters. The zero-order valence-corrected chi connectivity index (χ0v) is 23.0. The van der Waals surface area contributed by atoms with Crippen LogP contribution in [0.1, 0.15) is 51.4 Å². The average molecular weight is 565 g/mol. The molecule has 3 aromatic rings. The Balaban J connectivity index is 1.21. The normalized spacial score (nSPS) is 22.2. The van der Waals surface area contributed by atoms with Gasteiger partial charge in [-0.1, -0.05) is 0 Å². The third-order valence-corrected chi connectivity index (χ3v) is 13.8. The van der Waals surface area contributed by atoms with E-state index >= 15 is 0 Å². The Bertz CT molecular complexity index is 1360. The number of benzene rings is 1. The van der Waals surface area contributed by atoms with Gasteiger partial charge in [-0.3, -0.25) is 4.79 Å². The van der Waals surface area contributed by atoms with E-state index in [9.17, 15) is 14.7 Å². The molecule has 3 N–H and O–H groups in total. The van der Waals surface area contributed by atoms with Crippen molar-refractivity contribution in [2.75, 3.05) is 23.3 Å². The number of aromatic nitrogens is 4. The van der Waals surface area contributed by atoms with E-state index in [4.69, 9.17) is 9.97 Å². The Morgan fingerprint density at radius 1 is 1.14 bits per heavy atom. The van der Waals surface area contributed by atoms with E-state index in [2.05, 4.69) is 38.3 Å². The van der Waals surface area contributed by atoms with Crippen LogP contribution in [0, 0.1) is 11.3 Å². The second-order valence-electron chi connectivity index (χ2n) is 10.9. The molecule has 9 nitrogen and oxygen atoms in total. The van der Waals surface area contributed by atoms with Crippen LogP contribution in [-0.4, -0.2) is 59.0 Å². The van der Waals surface area contributed by atoms with E-state index in [1.165, 1.54) is 32.1 Å². The molecule has 6 rings (SSSR count). The number of piperidine rings is 1. The molecular formula is C27H33AsN6O3. The first kappa shape index (κ1) is 24.4. The van der Waals surface area contributed by atoms with Gasteiger partial charge in [-0.05, 0) is 6.42 Å². The Labute approximate surface area is 220 Å². The molecule has 0 amide bonds. The second-order valence-corrected chi connectivity index (χ2v) is 15.8. The molecule has 0 radical (unpaired) electrons. The van der Waals surface area contributed by atoms with Crippen molar-refractivity contribution in [3.05, 3.63) is 40.8 Å². The number of nitrogens with one attached hydrogen (secondary N) is 2. The quantitative estimate of drug-likeness (QED) is 0.386. The maximum absolute atomic E-state index is 12.7. The molecule has 1 aliphatic heterocycles. The van der Waals surface area contributed by atoms with Crippen LogP contribution in [0.3, 0.4) is 0 Å². The molecule has 3 aliphatic rings. The molecule has 1 saturated heterocycles. The zero-order valence-electron chi connectivity index (χ0n) is 21.1. The van der Waals surface area contributed by atoms with E-state index in [1.54, 1.807) is 6.20 Å². The standard InChI is InChI=1S/C27H33AsN6O3/c1-28(17-5-3-2-4-6-17)26-31-21-16-29-33-24(35)22(21)23(32-26)30-18-7-9-19(10-8-18)34-13-11-27(12-14-34)15-20(27)25(36)37/h7-10,16-17,20H,2-6,11-15H2,1H3,(H,33,35)(H,36,37)(H,30,31,32). The number of carboxylic acids is 1. The molecule has 3 heterocycles. The molecule has 194 valence electrons. The summed E-state index contributed by atoms with van der Waals surface area (Å²) in [6.45, 7) is 1.76. The summed E-state index contributed by atoms with van der Waals surface area (Å²) in [5, 5.41) is 19.7. The van der Waals surface area contributed by atoms with Crippen molar-refractivity contribution < 1.29 is 9.90 Å². The molecule has 3 fully saturated rings. The Morgan fingerprint density at radius 3 is 2.54 bits per heavy atom. The van der Waals surface area contributed by atoms with E-state index in [-0.39, 0.29) is 16.9 Å². The monoisotopic (exact) mass is 564 g/mol. The van der Waals surface area contributed by atoms with Gasteiger partial charge in [0, 0.05) is 0 Å². The number of H-pyrrole nitrogens is 1. The summed E-state index contributed by atoms with van der Waals surface area (Å²) in [5.41, 5.74) is 4.65. The molecule has 10 heteroatoms. The van der Waals surface area contributed by atoms with Crippen LogP contribution >= 0.6 is 0 Å². The molecular weight excluding hydrogens is 531 g/mol. The van der Waals surface area contributed by atoms with Gasteiger partial charge in [0.15, 0.2) is 0 Å². The number of fused-ring (bicyclic) bond motifs is 1. The third-order valence-electron chi connectivity index (χ3n) is 8.69. The zero-order chi connectivity index (χ0) is 25.6. The van der Waals surface area contributed by atoms with Gasteiger partial charge in [0.2, 0.25) is 0 Å². The van der Waals surface area contributed by atoms with Crippen LogP contribution in [0.2, 0.25) is 10.4 Å². The molecule has 1 aromatic carbocycles. The molecule has 2 atom stereocenters. The number of aliphatic carboxylic acids is 1. The number of carboxylic acid groups (broad SMARTS) is 1. The first-order chi connectivity index (χ1) is 17.9. The Kier molecular flexibility index (Phi) is 6.43. The summed E-state index contributed by atoms with van der Waals surface area (Å²) >= 11 is -1.47. The van der Waals surface area contributed by atoms with Gasteiger partial charge in [-0.25, -0.2) is 0 Å². The number of nitrogens with zero attached hydrogens (tertiary/aromatic N) is 4. The molecule has 2 aromatic heterocycles. The fraction of sp³-hybridized carbons (Fsp3) is 0.519. The number of hydrogen-bond donors (Lipinski definition) is 3. The summed E-state index contributed by atoms with van der Waals surface area (Å²) in [4.78, 5) is 36.1. The summed E-state index contributed by atoms with van der Waals surface area (Å²) in [7, 11) is 0. The van der Waals surface area contributed by atoms with Crippen LogP contribution < -0.4 is 20.4 Å². The number of carbonyl (C=O) groups is 1. The molecule has 0 bridgehead atoms. The van der Waals surface area contributed by atoms with Crippen molar-refractivity contribution in [1.29, 1.82) is 0 Å². The van der Waals surface area contributed by atoms with Crippen LogP contribution in [0.5, 0.6) is 0 Å². The molecule has 2 aliphatic carbocycles. The van der Waals surface area contributed by atoms with Crippen LogP contribution in [0.25, 0.3) is 10.9 Å². The van der Waals surface area contributed by atoms with Crippen LogP contribution in [0.15, 0.2) is 35.3 Å². The Morgan fingerprint density at radius 2 is 1.86 bits per heavy atom. The molecule has 1 spiro atoms. The van der Waals surface area contributed by atoms with E-state index < -0.39 is 20.6 Å². The van der Waals surface area contributed by atoms with E-state index in [0.29, 0.717) is 21.4 Å². The SMILES string of the molecule is C[As](c1nc(Nc2ccc(N3CCC4(CC3)CC4C(=O)O)cc2)c2c(=O)[nH]ncc2n1)C1CCCCC1. The second kappa shape index (κ2) is 9.75. The Hall–Kier alpha value is -2.93. The van der Waals surface area contributed by atoms with E-state index in [1.807, 2.05) is 12.1 Å². The fourth-order valence-electron chi connectivity index (χ4n) is 6.22. The van der Waals surface area contributed by atoms with Crippen LogP contribution in [-0.2, 0) is 4.79 Å². The minimum absolute atomic E-state index is 0.0236. The van der Waals surface area contributed by atoms with Crippen molar-refractivity contribution in [1.82, 2.24) is 20.2 Å². The van der Waals surface area contributed by atoms with E-state index in [0.717, 1.165) is 48.3 Å². The van der Waals surface area contributed by atoms with Crippen molar-refractivity contribution in [3.8, 4) is 0 Å². The summed E-state index contributed by atoms with van der Waals surface area (Å²) in [6, 6.07) is 8.19.